The Morgan fingerprint density at radius 3 is 2.46 bits per heavy atom. The molecule has 1 aromatic carbocycles. The van der Waals surface area contributed by atoms with E-state index in [1.165, 1.54) is 5.56 Å². The molecule has 0 bridgehead atoms. The van der Waals surface area contributed by atoms with E-state index in [4.69, 9.17) is 14.3 Å². The Labute approximate surface area is 170 Å². The summed E-state index contributed by atoms with van der Waals surface area (Å²) in [6.45, 7) is 4.40. The highest BCUT2D eigenvalue weighted by Gasteiger charge is 2.18. The Balaban J connectivity index is 0.000000921. The molecule has 0 fully saturated rings. The van der Waals surface area contributed by atoms with Gasteiger partial charge in [-0.1, -0.05) is 30.3 Å². The van der Waals surface area contributed by atoms with Crippen molar-refractivity contribution in [1.29, 1.82) is 0 Å². The lowest BCUT2D eigenvalue weighted by molar-refractivity contribution is -0.191. The fraction of sp³-hybridized carbons (Fsp3) is 0.286. The van der Waals surface area contributed by atoms with Crippen LogP contribution in [0.4, 0.5) is 0 Å². The van der Waals surface area contributed by atoms with Gasteiger partial charge in [-0.2, -0.15) is 9.59 Å². The van der Waals surface area contributed by atoms with E-state index in [1.807, 2.05) is 54.8 Å². The van der Waals surface area contributed by atoms with Gasteiger partial charge in [0.25, 0.3) is 0 Å². The lowest BCUT2D eigenvalue weighted by atomic mass is 10.0. The van der Waals surface area contributed by atoms with Crippen LogP contribution < -0.4 is 4.74 Å². The van der Waals surface area contributed by atoms with Crippen LogP contribution in [0, 0.1) is 6.92 Å². The number of imidazole rings is 1. The zero-order valence-electron chi connectivity index (χ0n) is 15.9. The number of pyridine rings is 1. The Bertz CT molecular complexity index is 932. The first-order chi connectivity index (χ1) is 13.1. The molecule has 0 aliphatic rings. The number of ketones is 1. The number of aromatic nitrogens is 2. The molecular formula is C21H23ClN2O4. The number of rotatable bonds is 7. The average molecular weight is 403 g/mol. The normalized spacial score (nSPS) is 9.64. The second kappa shape index (κ2) is 11.7. The SMILES string of the molecule is CCOc1cccn2c(C(=O)CCCc3ccccc3)c(C)nc12.Cl.O=C=O. The Morgan fingerprint density at radius 2 is 1.82 bits per heavy atom. The maximum Gasteiger partial charge on any atom is 0.373 e. The minimum absolute atomic E-state index is 0. The van der Waals surface area contributed by atoms with Crippen molar-refractivity contribution < 1.29 is 19.1 Å². The fourth-order valence-corrected chi connectivity index (χ4v) is 2.98. The average Bonchev–Trinajstić information content (AvgIpc) is 3.00. The number of fused-ring (bicyclic) bond motifs is 1. The largest absolute Gasteiger partial charge is 0.490 e. The van der Waals surface area contributed by atoms with E-state index in [2.05, 4.69) is 17.1 Å². The molecule has 0 unspecified atom stereocenters. The number of hydrogen-bond acceptors (Lipinski definition) is 5. The smallest absolute Gasteiger partial charge is 0.373 e. The summed E-state index contributed by atoms with van der Waals surface area (Å²) in [4.78, 5) is 33.5. The third-order valence-corrected chi connectivity index (χ3v) is 4.06. The van der Waals surface area contributed by atoms with Crippen LogP contribution in [0.25, 0.3) is 5.65 Å². The molecule has 0 aliphatic heterocycles. The number of benzene rings is 1. The number of aryl methyl sites for hydroxylation is 2. The molecule has 0 amide bonds. The maximum atomic E-state index is 12.7. The van der Waals surface area contributed by atoms with Gasteiger partial charge in [0.05, 0.1) is 12.3 Å². The van der Waals surface area contributed by atoms with E-state index >= 15 is 0 Å². The van der Waals surface area contributed by atoms with Crippen LogP contribution in [-0.2, 0) is 16.0 Å². The van der Waals surface area contributed by atoms with E-state index in [0.717, 1.165) is 18.5 Å². The van der Waals surface area contributed by atoms with Crippen LogP contribution in [0.2, 0.25) is 0 Å². The van der Waals surface area contributed by atoms with Gasteiger partial charge in [-0.05, 0) is 44.4 Å². The van der Waals surface area contributed by atoms with Crippen molar-refractivity contribution in [2.45, 2.75) is 33.1 Å². The molecule has 0 saturated heterocycles. The van der Waals surface area contributed by atoms with Gasteiger partial charge >= 0.3 is 6.15 Å². The fourth-order valence-electron chi connectivity index (χ4n) is 2.98. The molecule has 0 N–H and O–H groups in total. The third-order valence-electron chi connectivity index (χ3n) is 4.06. The molecular weight excluding hydrogens is 380 g/mol. The number of carbonyl (C=O) groups is 1. The zero-order valence-corrected chi connectivity index (χ0v) is 16.7. The molecule has 0 aliphatic carbocycles. The molecule has 0 spiro atoms. The van der Waals surface area contributed by atoms with Crippen LogP contribution in [-0.4, -0.2) is 27.9 Å². The van der Waals surface area contributed by atoms with E-state index < -0.39 is 0 Å². The van der Waals surface area contributed by atoms with Crippen LogP contribution in [0.1, 0.15) is 41.5 Å². The third kappa shape index (κ3) is 5.78. The van der Waals surface area contributed by atoms with Gasteiger partial charge in [-0.3, -0.25) is 9.20 Å². The summed E-state index contributed by atoms with van der Waals surface area (Å²) in [6.07, 6.45) is 4.39. The zero-order chi connectivity index (χ0) is 19.6. The first kappa shape index (κ1) is 23.1. The highest BCUT2D eigenvalue weighted by Crippen LogP contribution is 2.23. The van der Waals surface area contributed by atoms with Crippen molar-refractivity contribution in [3.05, 3.63) is 65.6 Å². The van der Waals surface area contributed by atoms with Gasteiger partial charge in [0.2, 0.25) is 0 Å². The summed E-state index contributed by atoms with van der Waals surface area (Å²) in [5.74, 6) is 0.844. The first-order valence-corrected chi connectivity index (χ1v) is 8.79. The number of nitrogens with zero attached hydrogens (tertiary/aromatic N) is 2. The summed E-state index contributed by atoms with van der Waals surface area (Å²) in [6, 6.07) is 14.0. The number of carbonyl (C=O) groups excluding carboxylic acids is 3. The van der Waals surface area contributed by atoms with Crippen molar-refractivity contribution in [3.8, 4) is 5.75 Å². The van der Waals surface area contributed by atoms with Gasteiger partial charge in [0.1, 0.15) is 5.69 Å². The molecule has 0 radical (unpaired) electrons. The topological polar surface area (TPSA) is 77.7 Å². The Kier molecular flexibility index (Phi) is 9.65. The number of hydrogen-bond donors (Lipinski definition) is 0. The Morgan fingerprint density at radius 1 is 1.14 bits per heavy atom. The molecule has 7 heteroatoms. The lowest BCUT2D eigenvalue weighted by Crippen LogP contribution is -2.06. The van der Waals surface area contributed by atoms with Crippen LogP contribution in [0.15, 0.2) is 48.7 Å². The van der Waals surface area contributed by atoms with Gasteiger partial charge in [0, 0.05) is 12.6 Å². The predicted octanol–water partition coefficient (Wildman–Crippen LogP) is 4.09. The summed E-state index contributed by atoms with van der Waals surface area (Å²) in [5, 5.41) is 0. The summed E-state index contributed by atoms with van der Waals surface area (Å²) < 4.78 is 7.46. The van der Waals surface area contributed by atoms with Crippen LogP contribution >= 0.6 is 12.4 Å². The van der Waals surface area contributed by atoms with Gasteiger partial charge in [-0.25, -0.2) is 4.98 Å². The molecule has 28 heavy (non-hydrogen) atoms. The summed E-state index contributed by atoms with van der Waals surface area (Å²) in [7, 11) is 0. The summed E-state index contributed by atoms with van der Waals surface area (Å²) in [5.41, 5.74) is 3.40. The Hall–Kier alpha value is -2.95. The van der Waals surface area contributed by atoms with Crippen LogP contribution in [0.5, 0.6) is 5.75 Å². The number of halogens is 1. The van der Waals surface area contributed by atoms with Crippen molar-refractivity contribution in [2.75, 3.05) is 6.61 Å². The molecule has 6 nitrogen and oxygen atoms in total. The van der Waals surface area contributed by atoms with Gasteiger partial charge < -0.3 is 4.74 Å². The first-order valence-electron chi connectivity index (χ1n) is 8.79. The van der Waals surface area contributed by atoms with Gasteiger partial charge in [0.15, 0.2) is 17.2 Å². The minimum atomic E-state index is 0. The second-order valence-electron chi connectivity index (χ2n) is 5.89. The van der Waals surface area contributed by atoms with Gasteiger partial charge in [-0.15, -0.1) is 12.4 Å². The standard InChI is InChI=1S/C20H22N2O2.CO2.ClH/c1-3-24-18-13-8-14-22-19(15(2)21-20(18)22)17(23)12-7-11-16-9-5-4-6-10-16;2-1-3;/h4-6,8-10,13-14H,3,7,11-12H2,1-2H3;;1H. The highest BCUT2D eigenvalue weighted by atomic mass is 35.5. The predicted molar refractivity (Wildman–Crippen MR) is 107 cm³/mol. The van der Waals surface area contributed by atoms with Crippen molar-refractivity contribution in [2.24, 2.45) is 0 Å². The van der Waals surface area contributed by atoms with Crippen LogP contribution in [0.3, 0.4) is 0 Å². The molecule has 2 aromatic heterocycles. The maximum absolute atomic E-state index is 12.7. The number of ether oxygens (including phenoxy) is 1. The molecule has 3 rings (SSSR count). The summed E-state index contributed by atoms with van der Waals surface area (Å²) >= 11 is 0. The molecule has 0 saturated carbocycles. The monoisotopic (exact) mass is 402 g/mol. The van der Waals surface area contributed by atoms with E-state index in [1.54, 1.807) is 0 Å². The van der Waals surface area contributed by atoms with Crippen molar-refractivity contribution in [1.82, 2.24) is 9.38 Å². The van der Waals surface area contributed by atoms with E-state index in [-0.39, 0.29) is 24.3 Å². The molecule has 3 aromatic rings. The second-order valence-corrected chi connectivity index (χ2v) is 5.89. The van der Waals surface area contributed by atoms with Crippen molar-refractivity contribution in [3.63, 3.8) is 0 Å². The van der Waals surface area contributed by atoms with E-state index in [9.17, 15) is 4.79 Å². The molecule has 2 heterocycles. The van der Waals surface area contributed by atoms with E-state index in [0.29, 0.717) is 30.1 Å². The molecule has 0 atom stereocenters. The molecule has 148 valence electrons. The lowest BCUT2D eigenvalue weighted by Gasteiger charge is -2.06. The minimum Gasteiger partial charge on any atom is -0.490 e. The highest BCUT2D eigenvalue weighted by molar-refractivity contribution is 5.96. The number of Topliss-reactive ketones (excluding diaryl/α,β-unsaturated/α-hetero) is 1. The quantitative estimate of drug-likeness (QED) is 0.556. The van der Waals surface area contributed by atoms with Crippen molar-refractivity contribution >= 4 is 30.0 Å².